The molecule has 9 nitrogen and oxygen atoms in total. The van der Waals surface area contributed by atoms with Crippen LogP contribution in [0, 0.1) is 0 Å². The van der Waals surface area contributed by atoms with E-state index in [-0.39, 0.29) is 11.8 Å². The van der Waals surface area contributed by atoms with Gasteiger partial charge < -0.3 is 4.90 Å². The largest absolute Gasteiger partial charge is 0.421 e. The summed E-state index contributed by atoms with van der Waals surface area (Å²) < 4.78 is 4.23. The summed E-state index contributed by atoms with van der Waals surface area (Å²) in [6.45, 7) is 8.02. The number of nitrogens with zero attached hydrogens (tertiary/aromatic N) is 7. The second-order valence-corrected chi connectivity index (χ2v) is 12.3. The number of fused-ring (bicyclic) bond motifs is 2. The number of unbranched alkanes of at least 4 members (excludes halogenated alkanes) is 2. The molecule has 0 spiro atoms. The zero-order valence-electron chi connectivity index (χ0n) is 27.0. The molecule has 0 fully saturated rings. The molecule has 0 unspecified atom stereocenters. The first-order chi connectivity index (χ1) is 22.5. The zero-order valence-corrected chi connectivity index (χ0v) is 27.0. The van der Waals surface area contributed by atoms with Crippen LogP contribution < -0.4 is 9.47 Å². The summed E-state index contributed by atoms with van der Waals surface area (Å²) in [7, 11) is 2.13. The van der Waals surface area contributed by atoms with Crippen LogP contribution in [0.3, 0.4) is 0 Å². The fourth-order valence-corrected chi connectivity index (χ4v) is 6.40. The van der Waals surface area contributed by atoms with Crippen molar-refractivity contribution in [1.29, 1.82) is 0 Å². The Morgan fingerprint density at radius 2 is 1.43 bits per heavy atom. The lowest BCUT2D eigenvalue weighted by Crippen LogP contribution is -2.37. The molecular formula is C37H44N7O2+. The fraction of sp³-hybridized carbons (Fsp3) is 0.378. The minimum absolute atomic E-state index is 0.216. The molecule has 0 N–H and O–H groups in total. The third kappa shape index (κ3) is 7.10. The molecular weight excluding hydrogens is 574 g/mol. The van der Waals surface area contributed by atoms with E-state index in [4.69, 9.17) is 5.11 Å². The summed E-state index contributed by atoms with van der Waals surface area (Å²) in [4.78, 5) is 31.9. The molecule has 0 atom stereocenters. The summed E-state index contributed by atoms with van der Waals surface area (Å²) in [6.07, 6.45) is 9.32. The number of aryl methyl sites for hydroxylation is 2. The van der Waals surface area contributed by atoms with Crippen molar-refractivity contribution >= 4 is 29.1 Å². The molecule has 0 radical (unpaired) electrons. The number of amides is 2. The number of imidazole rings is 1. The van der Waals surface area contributed by atoms with E-state index in [2.05, 4.69) is 80.6 Å². The monoisotopic (exact) mass is 618 g/mol. The number of carbonyl (C=O) groups is 2. The molecule has 3 aromatic carbocycles. The quantitative estimate of drug-likeness (QED) is 0.0628. The standard InChI is InChI=1S/C37H44N7O2/c1-3-4-9-20-40(2)32-18-16-31(17-19-32)38-39-37-42(22-10-21-41-27-29-12-5-6-13-30(29)28-41)25-26-43(37)23-11-24-44-35(45)33-14-7-8-15-34(33)36(44)46/h5-8,12-19,25-26H,3-4,9-11,20-24,27-28H2,1-2H3/q+1. The highest BCUT2D eigenvalue weighted by Gasteiger charge is 2.34. The maximum absolute atomic E-state index is 12.9. The topological polar surface area (TPSA) is 77.4 Å². The van der Waals surface area contributed by atoms with Crippen molar-refractivity contribution in [2.75, 3.05) is 31.6 Å². The average molecular weight is 619 g/mol. The smallest absolute Gasteiger partial charge is 0.375 e. The molecule has 0 saturated heterocycles. The first kappa shape index (κ1) is 31.4. The van der Waals surface area contributed by atoms with Gasteiger partial charge >= 0.3 is 5.95 Å². The predicted octanol–water partition coefficient (Wildman–Crippen LogP) is 6.91. The molecule has 2 aliphatic heterocycles. The highest BCUT2D eigenvalue weighted by atomic mass is 16.2. The van der Waals surface area contributed by atoms with Gasteiger partial charge in [0.1, 0.15) is 5.69 Å². The predicted molar refractivity (Wildman–Crippen MR) is 180 cm³/mol. The Labute approximate surface area is 271 Å². The Hall–Kier alpha value is -4.63. The number of imide groups is 1. The number of anilines is 1. The Bertz CT molecular complexity index is 1630. The third-order valence-electron chi connectivity index (χ3n) is 9.02. The van der Waals surface area contributed by atoms with Crippen LogP contribution in [-0.2, 0) is 26.2 Å². The number of hydrogen-bond donors (Lipinski definition) is 0. The van der Waals surface area contributed by atoms with Gasteiger partial charge in [-0.05, 0) is 66.8 Å². The Kier molecular flexibility index (Phi) is 9.98. The number of azo groups is 1. The van der Waals surface area contributed by atoms with E-state index in [1.807, 2.05) is 18.3 Å². The van der Waals surface area contributed by atoms with Gasteiger partial charge in [0.2, 0.25) is 0 Å². The molecule has 1 aromatic heterocycles. The minimum atomic E-state index is -0.216. The van der Waals surface area contributed by atoms with Crippen molar-refractivity contribution < 1.29 is 14.2 Å². The molecule has 0 bridgehead atoms. The number of rotatable bonds is 15. The van der Waals surface area contributed by atoms with E-state index >= 15 is 0 Å². The Morgan fingerprint density at radius 1 is 0.761 bits per heavy atom. The molecule has 0 aliphatic carbocycles. The SMILES string of the molecule is CCCCCN(C)c1ccc(/N=N/c2n(CCCN3Cc4ccccc4C3)cc[n+]2CCCN2C(=O)c3ccccc3C2=O)cc1. The summed E-state index contributed by atoms with van der Waals surface area (Å²) in [6, 6.07) is 24.0. The molecule has 6 rings (SSSR count). The van der Waals surface area contributed by atoms with Crippen molar-refractivity contribution in [3.05, 3.63) is 107 Å². The van der Waals surface area contributed by atoms with Crippen LogP contribution in [0.15, 0.2) is 95.4 Å². The van der Waals surface area contributed by atoms with Crippen LogP contribution in [0.25, 0.3) is 0 Å². The molecule has 2 amide bonds. The molecule has 46 heavy (non-hydrogen) atoms. The van der Waals surface area contributed by atoms with Gasteiger partial charge in [-0.3, -0.25) is 19.4 Å². The second-order valence-electron chi connectivity index (χ2n) is 12.3. The maximum atomic E-state index is 12.9. The van der Waals surface area contributed by atoms with E-state index in [0.29, 0.717) is 30.6 Å². The highest BCUT2D eigenvalue weighted by molar-refractivity contribution is 6.21. The van der Waals surface area contributed by atoms with Gasteiger partial charge in [-0.15, -0.1) is 0 Å². The van der Waals surface area contributed by atoms with E-state index in [1.54, 1.807) is 24.3 Å². The summed E-state index contributed by atoms with van der Waals surface area (Å²) in [5.41, 5.74) is 5.79. The highest BCUT2D eigenvalue weighted by Crippen LogP contribution is 2.25. The van der Waals surface area contributed by atoms with Crippen LogP contribution >= 0.6 is 0 Å². The summed E-state index contributed by atoms with van der Waals surface area (Å²) in [5.74, 6) is 0.325. The van der Waals surface area contributed by atoms with Crippen LogP contribution in [0.5, 0.6) is 0 Å². The molecule has 4 aromatic rings. The molecule has 2 aliphatic rings. The van der Waals surface area contributed by atoms with Gasteiger partial charge in [0.15, 0.2) is 0 Å². The van der Waals surface area contributed by atoms with Crippen LogP contribution in [0.2, 0.25) is 0 Å². The lowest BCUT2D eigenvalue weighted by atomic mass is 10.1. The average Bonchev–Trinajstić information content (AvgIpc) is 3.74. The first-order valence-electron chi connectivity index (χ1n) is 16.6. The van der Waals surface area contributed by atoms with Crippen molar-refractivity contribution in [3.63, 3.8) is 0 Å². The number of aromatic nitrogens is 2. The van der Waals surface area contributed by atoms with Gasteiger partial charge in [-0.2, -0.15) is 0 Å². The molecule has 3 heterocycles. The lowest BCUT2D eigenvalue weighted by Gasteiger charge is -2.18. The van der Waals surface area contributed by atoms with E-state index in [0.717, 1.165) is 50.8 Å². The zero-order chi connectivity index (χ0) is 31.9. The maximum Gasteiger partial charge on any atom is 0.421 e. The van der Waals surface area contributed by atoms with E-state index in [1.165, 1.54) is 41.0 Å². The van der Waals surface area contributed by atoms with Crippen LogP contribution in [-0.4, -0.2) is 52.9 Å². The van der Waals surface area contributed by atoms with Gasteiger partial charge in [-0.25, -0.2) is 9.13 Å². The normalized spacial score (nSPS) is 14.4. The van der Waals surface area contributed by atoms with Gasteiger partial charge in [-0.1, -0.05) is 61.3 Å². The van der Waals surface area contributed by atoms with E-state index in [9.17, 15) is 9.59 Å². The fourth-order valence-electron chi connectivity index (χ4n) is 6.40. The van der Waals surface area contributed by atoms with Crippen molar-refractivity contribution in [1.82, 2.24) is 14.4 Å². The van der Waals surface area contributed by atoms with Crippen molar-refractivity contribution in [2.24, 2.45) is 10.2 Å². The van der Waals surface area contributed by atoms with Crippen LogP contribution in [0.1, 0.15) is 70.9 Å². The summed E-state index contributed by atoms with van der Waals surface area (Å²) in [5, 5.41) is 9.37. The van der Waals surface area contributed by atoms with Crippen LogP contribution in [0.4, 0.5) is 17.3 Å². The molecule has 9 heteroatoms. The van der Waals surface area contributed by atoms with Crippen molar-refractivity contribution in [2.45, 2.75) is 65.2 Å². The number of hydrogen-bond acceptors (Lipinski definition) is 6. The summed E-state index contributed by atoms with van der Waals surface area (Å²) >= 11 is 0. The third-order valence-corrected chi connectivity index (χ3v) is 9.02. The second kappa shape index (κ2) is 14.6. The Balaban J connectivity index is 1.12. The van der Waals surface area contributed by atoms with Crippen molar-refractivity contribution in [3.8, 4) is 0 Å². The van der Waals surface area contributed by atoms with Gasteiger partial charge in [0, 0.05) is 50.6 Å². The number of benzene rings is 3. The molecule has 238 valence electrons. The van der Waals surface area contributed by atoms with E-state index < -0.39 is 0 Å². The molecule has 0 saturated carbocycles. The minimum Gasteiger partial charge on any atom is -0.375 e. The number of carbonyl (C=O) groups excluding carboxylic acids is 2. The van der Waals surface area contributed by atoms with Gasteiger partial charge in [0.05, 0.1) is 36.6 Å². The first-order valence-corrected chi connectivity index (χ1v) is 16.6. The lowest BCUT2D eigenvalue weighted by molar-refractivity contribution is -0.684. The Morgan fingerprint density at radius 3 is 2.11 bits per heavy atom. The van der Waals surface area contributed by atoms with Gasteiger partial charge in [0.25, 0.3) is 11.8 Å².